The van der Waals surface area contributed by atoms with Gasteiger partial charge in [0.2, 0.25) is 0 Å². The van der Waals surface area contributed by atoms with Gasteiger partial charge in [-0.15, -0.1) is 11.3 Å². The lowest BCUT2D eigenvalue weighted by atomic mass is 10.3. The Hall–Kier alpha value is -1.76. The predicted octanol–water partition coefficient (Wildman–Crippen LogP) is 1.85. The van der Waals surface area contributed by atoms with Crippen LogP contribution in [-0.2, 0) is 6.42 Å². The van der Waals surface area contributed by atoms with Crippen LogP contribution in [0.15, 0.2) is 10.2 Å². The van der Waals surface area contributed by atoms with Gasteiger partial charge in [-0.25, -0.2) is 4.98 Å². The fourth-order valence-electron chi connectivity index (χ4n) is 1.45. The molecule has 0 fully saturated rings. The monoisotopic (exact) mass is 239 g/mol. The van der Waals surface area contributed by atoms with Crippen molar-refractivity contribution in [1.29, 1.82) is 0 Å². The van der Waals surface area contributed by atoms with Gasteiger partial charge in [0.25, 0.3) is 5.56 Å². The minimum Gasteiger partial charge on any atom is -0.309 e. The number of nitrogens with zero attached hydrogens (tertiary/aromatic N) is 2. The normalized spacial score (nSPS) is 10.8. The average molecular weight is 239 g/mol. The Kier molecular flexibility index (Phi) is 2.69. The van der Waals surface area contributed by atoms with Crippen molar-refractivity contribution in [2.45, 2.75) is 19.8 Å². The van der Waals surface area contributed by atoms with E-state index in [9.17, 15) is 14.9 Å². The maximum absolute atomic E-state index is 11.6. The van der Waals surface area contributed by atoms with Crippen molar-refractivity contribution >= 4 is 27.2 Å². The Morgan fingerprint density at radius 1 is 1.62 bits per heavy atom. The van der Waals surface area contributed by atoms with E-state index in [2.05, 4.69) is 9.97 Å². The van der Waals surface area contributed by atoms with Crippen molar-refractivity contribution in [1.82, 2.24) is 9.97 Å². The number of hydrogen-bond donors (Lipinski definition) is 1. The largest absolute Gasteiger partial charge is 0.309 e. The van der Waals surface area contributed by atoms with Gasteiger partial charge in [-0.1, -0.05) is 6.92 Å². The van der Waals surface area contributed by atoms with E-state index in [0.717, 1.165) is 17.8 Å². The summed E-state index contributed by atoms with van der Waals surface area (Å²) in [6, 6.07) is 0. The van der Waals surface area contributed by atoms with Crippen LogP contribution in [0.1, 0.15) is 19.2 Å². The Labute approximate surface area is 94.1 Å². The summed E-state index contributed by atoms with van der Waals surface area (Å²) in [5, 5.41) is 12.1. The quantitative estimate of drug-likeness (QED) is 0.653. The average Bonchev–Trinajstić information content (AvgIpc) is 2.62. The van der Waals surface area contributed by atoms with Crippen molar-refractivity contribution in [3.05, 3.63) is 31.7 Å². The number of nitrogens with one attached hydrogen (secondary N) is 1. The molecule has 1 N–H and O–H groups in total. The van der Waals surface area contributed by atoms with Crippen LogP contribution in [0, 0.1) is 10.1 Å². The molecule has 6 nitrogen and oxygen atoms in total. The van der Waals surface area contributed by atoms with Crippen molar-refractivity contribution in [2.75, 3.05) is 0 Å². The molecule has 2 aromatic rings. The van der Waals surface area contributed by atoms with E-state index < -0.39 is 4.92 Å². The summed E-state index contributed by atoms with van der Waals surface area (Å²) in [5.41, 5.74) is -0.197. The second kappa shape index (κ2) is 4.01. The number of nitro groups is 1. The number of hydrogen-bond acceptors (Lipinski definition) is 5. The molecule has 2 aromatic heterocycles. The molecule has 0 amide bonds. The summed E-state index contributed by atoms with van der Waals surface area (Å²) in [6.45, 7) is 1.95. The summed E-state index contributed by atoms with van der Waals surface area (Å²) in [6.07, 6.45) is 1.44. The fourth-order valence-corrected chi connectivity index (χ4v) is 2.29. The maximum Gasteiger partial charge on any atom is 0.306 e. The fraction of sp³-hybridized carbons (Fsp3) is 0.333. The lowest BCUT2D eigenvalue weighted by Gasteiger charge is -1.97. The van der Waals surface area contributed by atoms with Gasteiger partial charge >= 0.3 is 5.69 Å². The van der Waals surface area contributed by atoms with Gasteiger partial charge in [0.1, 0.15) is 10.5 Å². The van der Waals surface area contributed by atoms with E-state index in [1.165, 1.54) is 5.38 Å². The van der Waals surface area contributed by atoms with Gasteiger partial charge in [0.15, 0.2) is 5.52 Å². The van der Waals surface area contributed by atoms with E-state index >= 15 is 0 Å². The Morgan fingerprint density at radius 3 is 3.00 bits per heavy atom. The van der Waals surface area contributed by atoms with Crippen molar-refractivity contribution in [3.63, 3.8) is 0 Å². The van der Waals surface area contributed by atoms with E-state index in [4.69, 9.17) is 0 Å². The number of thiophene rings is 1. The molecule has 0 bridgehead atoms. The summed E-state index contributed by atoms with van der Waals surface area (Å²) in [7, 11) is 0. The zero-order chi connectivity index (χ0) is 11.7. The van der Waals surface area contributed by atoms with Crippen LogP contribution in [0.5, 0.6) is 0 Å². The molecule has 0 saturated heterocycles. The SMILES string of the molecule is CCCc1nc2c([N+](=O)[O-])csc2c(=O)[nH]1. The number of aromatic amines is 1. The van der Waals surface area contributed by atoms with Crippen LogP contribution in [-0.4, -0.2) is 14.9 Å². The van der Waals surface area contributed by atoms with Gasteiger partial charge in [0.05, 0.1) is 10.3 Å². The first-order valence-electron chi connectivity index (χ1n) is 4.78. The second-order valence-corrected chi connectivity index (χ2v) is 4.20. The highest BCUT2D eigenvalue weighted by Crippen LogP contribution is 2.27. The third-order valence-corrected chi connectivity index (χ3v) is 3.10. The molecule has 0 unspecified atom stereocenters. The van der Waals surface area contributed by atoms with Gasteiger partial charge in [-0.3, -0.25) is 14.9 Å². The highest BCUT2D eigenvalue weighted by molar-refractivity contribution is 7.17. The molecule has 0 aliphatic rings. The van der Waals surface area contributed by atoms with Crippen LogP contribution in [0.4, 0.5) is 5.69 Å². The highest BCUT2D eigenvalue weighted by Gasteiger charge is 2.18. The van der Waals surface area contributed by atoms with Crippen LogP contribution >= 0.6 is 11.3 Å². The zero-order valence-electron chi connectivity index (χ0n) is 8.52. The third kappa shape index (κ3) is 1.69. The second-order valence-electron chi connectivity index (χ2n) is 3.32. The lowest BCUT2D eigenvalue weighted by Crippen LogP contribution is -2.10. The summed E-state index contributed by atoms with van der Waals surface area (Å²) >= 11 is 1.05. The van der Waals surface area contributed by atoms with Crippen LogP contribution in [0.3, 0.4) is 0 Å². The highest BCUT2D eigenvalue weighted by atomic mass is 32.1. The first kappa shape index (κ1) is 10.7. The molecule has 0 radical (unpaired) electrons. The van der Waals surface area contributed by atoms with Crippen molar-refractivity contribution < 1.29 is 4.92 Å². The minimum atomic E-state index is -0.513. The molecular formula is C9H9N3O3S. The molecule has 84 valence electrons. The lowest BCUT2D eigenvalue weighted by molar-refractivity contribution is -0.382. The van der Waals surface area contributed by atoms with E-state index in [-0.39, 0.29) is 16.8 Å². The van der Waals surface area contributed by atoms with Gasteiger partial charge in [-0.05, 0) is 6.42 Å². The smallest absolute Gasteiger partial charge is 0.306 e. The number of H-pyrrole nitrogens is 1. The summed E-state index contributed by atoms with van der Waals surface area (Å²) < 4.78 is 0.312. The molecule has 0 aliphatic carbocycles. The van der Waals surface area contributed by atoms with E-state index in [1.807, 2.05) is 6.92 Å². The van der Waals surface area contributed by atoms with Gasteiger partial charge in [0, 0.05) is 6.42 Å². The first-order valence-corrected chi connectivity index (χ1v) is 5.66. The third-order valence-electron chi connectivity index (χ3n) is 2.14. The molecule has 2 rings (SSSR count). The van der Waals surface area contributed by atoms with Crippen LogP contribution in [0.25, 0.3) is 10.2 Å². The standard InChI is InChI=1S/C9H9N3O3S/c1-2-3-6-10-7-5(12(14)15)4-16-8(7)9(13)11-6/h4H,2-3H2,1H3,(H,10,11,13). The number of aryl methyl sites for hydroxylation is 1. The molecule has 2 heterocycles. The zero-order valence-corrected chi connectivity index (χ0v) is 9.34. The molecule has 0 atom stereocenters. The van der Waals surface area contributed by atoms with Gasteiger partial charge in [-0.2, -0.15) is 0 Å². The molecule has 7 heteroatoms. The van der Waals surface area contributed by atoms with E-state index in [0.29, 0.717) is 16.9 Å². The van der Waals surface area contributed by atoms with Gasteiger partial charge < -0.3 is 4.98 Å². The summed E-state index contributed by atoms with van der Waals surface area (Å²) in [4.78, 5) is 28.6. The van der Waals surface area contributed by atoms with Crippen LogP contribution < -0.4 is 5.56 Å². The predicted molar refractivity (Wildman–Crippen MR) is 60.9 cm³/mol. The Bertz CT molecular complexity index is 602. The molecule has 0 aromatic carbocycles. The Morgan fingerprint density at radius 2 is 2.38 bits per heavy atom. The van der Waals surface area contributed by atoms with Crippen LogP contribution in [0.2, 0.25) is 0 Å². The maximum atomic E-state index is 11.6. The summed E-state index contributed by atoms with van der Waals surface area (Å²) in [5.74, 6) is 0.501. The minimum absolute atomic E-state index is 0.0940. The number of fused-ring (bicyclic) bond motifs is 1. The van der Waals surface area contributed by atoms with Crippen molar-refractivity contribution in [2.24, 2.45) is 0 Å². The number of rotatable bonds is 3. The van der Waals surface area contributed by atoms with E-state index in [1.54, 1.807) is 0 Å². The first-order chi connectivity index (χ1) is 7.63. The number of aromatic nitrogens is 2. The Balaban J connectivity index is 2.71. The topological polar surface area (TPSA) is 88.9 Å². The molecule has 0 saturated carbocycles. The molecule has 0 aliphatic heterocycles. The molecule has 0 spiro atoms. The molecule has 16 heavy (non-hydrogen) atoms. The molecular weight excluding hydrogens is 230 g/mol. The van der Waals surface area contributed by atoms with Crippen molar-refractivity contribution in [3.8, 4) is 0 Å².